The van der Waals surface area contributed by atoms with Crippen molar-refractivity contribution in [2.75, 3.05) is 18.4 Å². The van der Waals surface area contributed by atoms with Gasteiger partial charge in [-0.25, -0.2) is 4.79 Å². The van der Waals surface area contributed by atoms with Crippen LogP contribution in [-0.2, 0) is 33.6 Å². The first kappa shape index (κ1) is 34.7. The molecule has 0 unspecified atom stereocenters. The summed E-state index contributed by atoms with van der Waals surface area (Å²) in [6, 6.07) is 4.57. The second-order valence-corrected chi connectivity index (χ2v) is 10.8. The number of hydrogen-bond acceptors (Lipinski definition) is 7. The van der Waals surface area contributed by atoms with Gasteiger partial charge in [-0.3, -0.25) is 28.9 Å². The van der Waals surface area contributed by atoms with Crippen LogP contribution in [0, 0.1) is 5.92 Å². The fourth-order valence-corrected chi connectivity index (χ4v) is 4.55. The van der Waals surface area contributed by atoms with E-state index in [4.69, 9.17) is 8.80 Å². The number of hydrogen-bond donors (Lipinski definition) is 5. The van der Waals surface area contributed by atoms with E-state index < -0.39 is 29.9 Å². The van der Waals surface area contributed by atoms with E-state index in [9.17, 15) is 28.8 Å². The van der Waals surface area contributed by atoms with Gasteiger partial charge in [0.15, 0.2) is 0 Å². The minimum Gasteiger partial charge on any atom is -0.352 e. The van der Waals surface area contributed by atoms with Crippen LogP contribution in [0.25, 0.3) is 0 Å². The van der Waals surface area contributed by atoms with Gasteiger partial charge in [-0.2, -0.15) is 0 Å². The summed E-state index contributed by atoms with van der Waals surface area (Å²) in [4.78, 5) is 74.4. The molecule has 1 aromatic carbocycles. The molecule has 2 atom stereocenters. The quantitative estimate of drug-likeness (QED) is 0.0881. The molecule has 230 valence electrons. The smallest absolute Gasteiger partial charge is 0.312 e. The second-order valence-electron chi connectivity index (χ2n) is 10.2. The highest BCUT2D eigenvalue weighted by molar-refractivity contribution is 14.1. The first-order valence-electron chi connectivity index (χ1n) is 13.8. The summed E-state index contributed by atoms with van der Waals surface area (Å²) in [5.74, 6) is -2.20. The SMILES string of the molecule is CC(C)[C@H](NC(=O)CCCCCN1C(=O)C=CC1=O)C(=O)N[C@@H](CCCNC(N)=O)C(=O)Nc1ccc(COI)cc1. The number of carbonyl (C=O) groups is 6. The zero-order valence-corrected chi connectivity index (χ0v) is 26.0. The molecule has 0 bridgehead atoms. The van der Waals surface area contributed by atoms with Crippen LogP contribution in [0.3, 0.4) is 0 Å². The van der Waals surface area contributed by atoms with Gasteiger partial charge in [0.05, 0.1) is 6.61 Å². The molecule has 1 heterocycles. The molecule has 1 aliphatic heterocycles. The van der Waals surface area contributed by atoms with Crippen molar-refractivity contribution in [3.8, 4) is 0 Å². The topological polar surface area (TPSA) is 189 Å². The molecule has 14 heteroatoms. The van der Waals surface area contributed by atoms with Crippen LogP contribution in [-0.4, -0.2) is 65.6 Å². The highest BCUT2D eigenvalue weighted by atomic mass is 127. The van der Waals surface area contributed by atoms with Gasteiger partial charge in [0.25, 0.3) is 11.8 Å². The molecule has 0 fully saturated rings. The molecule has 13 nitrogen and oxygen atoms in total. The molecular formula is C28H39IN6O7. The van der Waals surface area contributed by atoms with Crippen LogP contribution >= 0.6 is 23.0 Å². The van der Waals surface area contributed by atoms with Gasteiger partial charge in [-0.1, -0.05) is 32.4 Å². The predicted octanol–water partition coefficient (Wildman–Crippen LogP) is 2.05. The molecule has 1 aliphatic rings. The van der Waals surface area contributed by atoms with Crippen molar-refractivity contribution in [1.82, 2.24) is 20.9 Å². The van der Waals surface area contributed by atoms with Gasteiger partial charge in [0, 0.05) is 37.3 Å². The summed E-state index contributed by atoms with van der Waals surface area (Å²) in [6.45, 7) is 4.51. The maximum absolute atomic E-state index is 13.2. The fraction of sp³-hybridized carbons (Fsp3) is 0.500. The minimum atomic E-state index is -0.937. The van der Waals surface area contributed by atoms with E-state index in [0.717, 1.165) is 10.5 Å². The molecule has 7 amide bonds. The molecule has 6 N–H and O–H groups in total. The minimum absolute atomic E-state index is 0.165. The predicted molar refractivity (Wildman–Crippen MR) is 164 cm³/mol. The van der Waals surface area contributed by atoms with Gasteiger partial charge in [-0.05, 0) is 49.3 Å². The summed E-state index contributed by atoms with van der Waals surface area (Å²) in [7, 11) is 0. The van der Waals surface area contributed by atoms with Crippen molar-refractivity contribution >= 4 is 64.3 Å². The van der Waals surface area contributed by atoms with E-state index in [2.05, 4.69) is 21.3 Å². The number of nitrogens with one attached hydrogen (secondary N) is 4. The number of anilines is 1. The van der Waals surface area contributed by atoms with Gasteiger partial charge in [0.2, 0.25) is 17.7 Å². The van der Waals surface area contributed by atoms with Crippen molar-refractivity contribution in [2.45, 2.75) is 71.1 Å². The first-order valence-corrected chi connectivity index (χ1v) is 14.7. The molecule has 42 heavy (non-hydrogen) atoms. The largest absolute Gasteiger partial charge is 0.352 e. The Morgan fingerprint density at radius 3 is 2.19 bits per heavy atom. The van der Waals surface area contributed by atoms with Gasteiger partial charge < -0.3 is 30.1 Å². The maximum atomic E-state index is 13.2. The number of halogens is 1. The Hall–Kier alpha value is -3.53. The molecule has 0 saturated carbocycles. The second kappa shape index (κ2) is 18.1. The Bertz CT molecular complexity index is 1120. The average molecular weight is 699 g/mol. The Morgan fingerprint density at radius 2 is 1.60 bits per heavy atom. The number of carbonyl (C=O) groups excluding carboxylic acids is 6. The van der Waals surface area contributed by atoms with E-state index in [-0.39, 0.29) is 43.0 Å². The third kappa shape index (κ3) is 12.1. The monoisotopic (exact) mass is 698 g/mol. The normalized spacial score (nSPS) is 14.0. The van der Waals surface area contributed by atoms with E-state index >= 15 is 0 Å². The number of benzene rings is 1. The van der Waals surface area contributed by atoms with Crippen LogP contribution < -0.4 is 27.0 Å². The number of rotatable bonds is 18. The molecule has 1 aromatic rings. The maximum Gasteiger partial charge on any atom is 0.312 e. The Morgan fingerprint density at radius 1 is 0.929 bits per heavy atom. The zero-order valence-electron chi connectivity index (χ0n) is 23.8. The number of primary amides is 1. The van der Waals surface area contributed by atoms with Gasteiger partial charge in [-0.15, -0.1) is 0 Å². The third-order valence-electron chi connectivity index (χ3n) is 6.50. The van der Waals surface area contributed by atoms with E-state index in [0.29, 0.717) is 44.5 Å². The molecule has 0 radical (unpaired) electrons. The summed E-state index contributed by atoms with van der Waals surface area (Å²) < 4.78 is 5.07. The number of unbranched alkanes of at least 4 members (excludes halogenated alkanes) is 2. The molecule has 0 aromatic heterocycles. The first-order chi connectivity index (χ1) is 20.0. The highest BCUT2D eigenvalue weighted by Gasteiger charge is 2.29. The highest BCUT2D eigenvalue weighted by Crippen LogP contribution is 2.14. The lowest BCUT2D eigenvalue weighted by Gasteiger charge is -2.25. The number of imide groups is 1. The molecule has 0 aliphatic carbocycles. The standard InChI is InChI=1S/C28H39IN6O7/c1-18(2)25(34-22(36)8-4-3-5-16-35-23(37)13-14-24(35)38)27(40)33-21(7-6-15-31-28(30)41)26(39)32-20-11-9-19(10-12-20)17-42-29/h9-14,18,21,25H,3-8,15-17H2,1-2H3,(H,32,39)(H,33,40)(H,34,36)(H3,30,31,41)/t21-,25-/m0/s1. The molecular weight excluding hydrogens is 659 g/mol. The Balaban J connectivity index is 1.92. The third-order valence-corrected chi connectivity index (χ3v) is 6.81. The van der Waals surface area contributed by atoms with Crippen molar-refractivity contribution < 1.29 is 31.8 Å². The van der Waals surface area contributed by atoms with E-state index in [1.807, 2.05) is 12.1 Å². The number of nitrogens with zero attached hydrogens (tertiary/aromatic N) is 1. The number of urea groups is 1. The van der Waals surface area contributed by atoms with Crippen molar-refractivity contribution in [3.05, 3.63) is 42.0 Å². The van der Waals surface area contributed by atoms with E-state index in [1.54, 1.807) is 49.0 Å². The van der Waals surface area contributed by atoms with Crippen molar-refractivity contribution in [2.24, 2.45) is 11.7 Å². The van der Waals surface area contributed by atoms with Crippen molar-refractivity contribution in [1.29, 1.82) is 0 Å². The summed E-state index contributed by atoms with van der Waals surface area (Å²) in [6.07, 6.45) is 4.93. The van der Waals surface area contributed by atoms with Crippen LogP contribution in [0.15, 0.2) is 36.4 Å². The zero-order chi connectivity index (χ0) is 31.1. The van der Waals surface area contributed by atoms with E-state index in [1.165, 1.54) is 12.2 Å². The molecule has 0 spiro atoms. The fourth-order valence-electron chi connectivity index (χ4n) is 4.19. The number of nitrogens with two attached hydrogens (primary N) is 1. The summed E-state index contributed by atoms with van der Waals surface area (Å²) >= 11 is 1.80. The van der Waals surface area contributed by atoms with Crippen LogP contribution in [0.2, 0.25) is 0 Å². The average Bonchev–Trinajstić information content (AvgIpc) is 3.26. The lowest BCUT2D eigenvalue weighted by Crippen LogP contribution is -2.54. The lowest BCUT2D eigenvalue weighted by atomic mass is 10.0. The van der Waals surface area contributed by atoms with Gasteiger partial charge >= 0.3 is 6.03 Å². The number of amides is 7. The summed E-state index contributed by atoms with van der Waals surface area (Å²) in [5, 5.41) is 10.8. The Kier molecular flexibility index (Phi) is 14.9. The van der Waals surface area contributed by atoms with Crippen LogP contribution in [0.4, 0.5) is 10.5 Å². The molecule has 0 saturated heterocycles. The van der Waals surface area contributed by atoms with Crippen LogP contribution in [0.5, 0.6) is 0 Å². The molecule has 2 rings (SSSR count). The Labute approximate surface area is 259 Å². The van der Waals surface area contributed by atoms with Gasteiger partial charge in [0.1, 0.15) is 35.1 Å². The van der Waals surface area contributed by atoms with Crippen molar-refractivity contribution in [3.63, 3.8) is 0 Å². The lowest BCUT2D eigenvalue weighted by molar-refractivity contribution is -0.137. The summed E-state index contributed by atoms with van der Waals surface area (Å²) in [5.41, 5.74) is 6.58. The van der Waals surface area contributed by atoms with Crippen LogP contribution in [0.1, 0.15) is 57.9 Å².